The van der Waals surface area contributed by atoms with Gasteiger partial charge in [0.25, 0.3) is 5.56 Å². The van der Waals surface area contributed by atoms with Crippen LogP contribution in [0.25, 0.3) is 6.08 Å². The van der Waals surface area contributed by atoms with Crippen molar-refractivity contribution < 1.29 is 13.9 Å². The van der Waals surface area contributed by atoms with E-state index < -0.39 is 17.8 Å². The van der Waals surface area contributed by atoms with Crippen LogP contribution in [-0.4, -0.2) is 17.1 Å². The van der Waals surface area contributed by atoms with Crippen LogP contribution in [0, 0.1) is 5.82 Å². The molecule has 0 radical (unpaired) electrons. The highest BCUT2D eigenvalue weighted by molar-refractivity contribution is 7.10. The first-order chi connectivity index (χ1) is 14.9. The summed E-state index contributed by atoms with van der Waals surface area (Å²) in [5.74, 6) is -1.09. The number of nitrogens with zero attached hydrogens (tertiary/aromatic N) is 2. The Labute approximate surface area is 189 Å². The van der Waals surface area contributed by atoms with Crippen LogP contribution in [-0.2, 0) is 9.53 Å². The van der Waals surface area contributed by atoms with E-state index in [-0.39, 0.29) is 32.9 Å². The van der Waals surface area contributed by atoms with Crippen molar-refractivity contribution in [3.63, 3.8) is 0 Å². The summed E-state index contributed by atoms with van der Waals surface area (Å²) in [6.45, 7) is 5.31. The average molecular weight is 475 g/mol. The van der Waals surface area contributed by atoms with Crippen molar-refractivity contribution in [2.75, 3.05) is 6.61 Å². The van der Waals surface area contributed by atoms with Crippen LogP contribution in [0.15, 0.2) is 69.4 Å². The van der Waals surface area contributed by atoms with Crippen LogP contribution in [0.3, 0.4) is 0 Å². The molecule has 31 heavy (non-hydrogen) atoms. The van der Waals surface area contributed by atoms with Crippen LogP contribution in [0.5, 0.6) is 0 Å². The quantitative estimate of drug-likeness (QED) is 0.417. The lowest BCUT2D eigenvalue weighted by atomic mass is 10.0. The molecule has 0 amide bonds. The maximum absolute atomic E-state index is 14.3. The fourth-order valence-corrected chi connectivity index (χ4v) is 5.36. The van der Waals surface area contributed by atoms with Gasteiger partial charge < -0.3 is 4.74 Å². The first kappa shape index (κ1) is 21.4. The molecule has 3 heterocycles. The number of esters is 1. The van der Waals surface area contributed by atoms with Gasteiger partial charge in [-0.25, -0.2) is 14.2 Å². The highest BCUT2D eigenvalue weighted by atomic mass is 35.5. The summed E-state index contributed by atoms with van der Waals surface area (Å²) < 4.78 is 21.3. The predicted octanol–water partition coefficient (Wildman–Crippen LogP) is 3.82. The number of ether oxygens (including phenoxy) is 1. The topological polar surface area (TPSA) is 60.7 Å². The second-order valence-corrected chi connectivity index (χ2v) is 9.02. The Bertz CT molecular complexity index is 1370. The summed E-state index contributed by atoms with van der Waals surface area (Å²) >= 11 is 8.66. The van der Waals surface area contributed by atoms with E-state index in [9.17, 15) is 14.0 Å². The monoisotopic (exact) mass is 474 g/mol. The lowest BCUT2D eigenvalue weighted by Crippen LogP contribution is -2.39. The number of rotatable bonds is 5. The zero-order chi connectivity index (χ0) is 22.1. The highest BCUT2D eigenvalue weighted by Crippen LogP contribution is 2.33. The van der Waals surface area contributed by atoms with Crippen molar-refractivity contribution in [1.82, 2.24) is 4.57 Å². The molecule has 1 aliphatic rings. The van der Waals surface area contributed by atoms with E-state index in [0.717, 1.165) is 16.2 Å². The van der Waals surface area contributed by atoms with Gasteiger partial charge in [0.1, 0.15) is 18.5 Å². The molecule has 0 saturated heterocycles. The van der Waals surface area contributed by atoms with Crippen molar-refractivity contribution in [3.05, 3.63) is 101 Å². The molecule has 9 heteroatoms. The summed E-state index contributed by atoms with van der Waals surface area (Å²) in [4.78, 5) is 31.9. The Hall–Kier alpha value is -2.81. The Morgan fingerprint density at radius 3 is 2.87 bits per heavy atom. The van der Waals surface area contributed by atoms with Crippen molar-refractivity contribution in [2.24, 2.45) is 4.99 Å². The maximum Gasteiger partial charge on any atom is 0.338 e. The van der Waals surface area contributed by atoms with E-state index in [2.05, 4.69) is 11.6 Å². The van der Waals surface area contributed by atoms with E-state index in [4.69, 9.17) is 16.3 Å². The molecule has 0 N–H and O–H groups in total. The van der Waals surface area contributed by atoms with Gasteiger partial charge in [0, 0.05) is 10.4 Å². The molecule has 1 atom stereocenters. The van der Waals surface area contributed by atoms with Gasteiger partial charge in [-0.2, -0.15) is 0 Å². The molecule has 3 aromatic rings. The van der Waals surface area contributed by atoms with Crippen molar-refractivity contribution in [3.8, 4) is 0 Å². The second-order valence-electron chi connectivity index (χ2n) is 6.62. The predicted molar refractivity (Wildman–Crippen MR) is 121 cm³/mol. The average Bonchev–Trinajstić information content (AvgIpc) is 3.37. The molecule has 1 unspecified atom stereocenters. The highest BCUT2D eigenvalue weighted by Gasteiger charge is 2.33. The van der Waals surface area contributed by atoms with E-state index in [1.54, 1.807) is 13.0 Å². The summed E-state index contributed by atoms with van der Waals surface area (Å²) in [7, 11) is 0. The van der Waals surface area contributed by atoms with Gasteiger partial charge in [-0.3, -0.25) is 9.36 Å². The molecule has 0 saturated carbocycles. The number of carbonyl (C=O) groups is 1. The Morgan fingerprint density at radius 1 is 1.39 bits per heavy atom. The molecule has 0 bridgehead atoms. The van der Waals surface area contributed by atoms with E-state index in [0.29, 0.717) is 10.5 Å². The van der Waals surface area contributed by atoms with Crippen LogP contribution >= 0.6 is 34.3 Å². The first-order valence-corrected chi connectivity index (χ1v) is 11.3. The number of thiazole rings is 1. The lowest BCUT2D eigenvalue weighted by molar-refractivity contribution is -0.138. The van der Waals surface area contributed by atoms with E-state index >= 15 is 0 Å². The number of benzene rings is 1. The Kier molecular flexibility index (Phi) is 6.04. The second kappa shape index (κ2) is 8.74. The summed E-state index contributed by atoms with van der Waals surface area (Å²) in [5, 5.41) is 2.07. The summed E-state index contributed by atoms with van der Waals surface area (Å²) in [6.07, 6.45) is 2.89. The molecule has 1 aromatic carbocycles. The van der Waals surface area contributed by atoms with Crippen molar-refractivity contribution in [2.45, 2.75) is 13.0 Å². The number of allylic oxidation sites excluding steroid dienone is 1. The molecular formula is C22H16ClFN2O3S2. The third-order valence-electron chi connectivity index (χ3n) is 4.66. The number of fused-ring (bicyclic) bond motifs is 1. The zero-order valence-corrected chi connectivity index (χ0v) is 18.7. The van der Waals surface area contributed by atoms with Gasteiger partial charge in [-0.15, -0.1) is 11.3 Å². The van der Waals surface area contributed by atoms with E-state index in [1.807, 2.05) is 17.5 Å². The molecule has 4 rings (SSSR count). The van der Waals surface area contributed by atoms with Gasteiger partial charge in [-0.05, 0) is 36.6 Å². The number of carbonyl (C=O) groups excluding carboxylic acids is 1. The van der Waals surface area contributed by atoms with Crippen LogP contribution < -0.4 is 14.9 Å². The van der Waals surface area contributed by atoms with Crippen LogP contribution in [0.4, 0.5) is 4.39 Å². The minimum Gasteiger partial charge on any atom is -0.458 e. The maximum atomic E-state index is 14.3. The zero-order valence-electron chi connectivity index (χ0n) is 16.3. The minimum atomic E-state index is -0.688. The SMILES string of the molecule is C=CCOC(=O)C1=C(C)N=c2sc(=Cc3c(F)cccc3Cl)c(=O)n2C1c1cccs1. The fraction of sp³-hybridized carbons (Fsp3) is 0.136. The van der Waals surface area contributed by atoms with Gasteiger partial charge >= 0.3 is 5.97 Å². The third kappa shape index (κ3) is 3.94. The molecule has 0 spiro atoms. The van der Waals surface area contributed by atoms with Crippen molar-refractivity contribution >= 4 is 46.3 Å². The largest absolute Gasteiger partial charge is 0.458 e. The fourth-order valence-electron chi connectivity index (χ4n) is 3.29. The molecule has 2 aromatic heterocycles. The van der Waals surface area contributed by atoms with Crippen LogP contribution in [0.2, 0.25) is 5.02 Å². The summed E-state index contributed by atoms with van der Waals surface area (Å²) in [5.41, 5.74) is 0.489. The lowest BCUT2D eigenvalue weighted by Gasteiger charge is -2.23. The van der Waals surface area contributed by atoms with Gasteiger partial charge in [-0.1, -0.05) is 47.7 Å². The first-order valence-electron chi connectivity index (χ1n) is 9.20. The third-order valence-corrected chi connectivity index (χ3v) is 6.90. The van der Waals surface area contributed by atoms with Gasteiger partial charge in [0.15, 0.2) is 4.80 Å². The van der Waals surface area contributed by atoms with Crippen LogP contribution in [0.1, 0.15) is 23.4 Å². The minimum absolute atomic E-state index is 0.0446. The normalized spacial score (nSPS) is 16.1. The smallest absolute Gasteiger partial charge is 0.338 e. The standard InChI is InChI=1S/C22H16ClFN2O3S2/c1-3-9-29-21(28)18-12(2)25-22-26(19(18)16-8-5-10-30-16)20(27)17(31-22)11-13-14(23)6-4-7-15(13)24/h3-8,10-11,19H,1,9H2,2H3. The molecule has 5 nitrogen and oxygen atoms in total. The Balaban J connectivity index is 1.95. The number of halogens is 2. The summed E-state index contributed by atoms with van der Waals surface area (Å²) in [6, 6.07) is 7.34. The van der Waals surface area contributed by atoms with Gasteiger partial charge in [0.05, 0.1) is 20.8 Å². The van der Waals surface area contributed by atoms with Crippen molar-refractivity contribution in [1.29, 1.82) is 0 Å². The number of hydrogen-bond donors (Lipinski definition) is 0. The van der Waals surface area contributed by atoms with E-state index in [1.165, 1.54) is 40.2 Å². The Morgan fingerprint density at radius 2 is 2.19 bits per heavy atom. The number of aromatic nitrogens is 1. The number of hydrogen-bond acceptors (Lipinski definition) is 6. The molecule has 158 valence electrons. The molecular weight excluding hydrogens is 459 g/mol. The molecule has 1 aliphatic heterocycles. The number of thiophene rings is 1. The molecule has 0 fully saturated rings. The van der Waals surface area contributed by atoms with Gasteiger partial charge in [0.2, 0.25) is 0 Å². The molecule has 0 aliphatic carbocycles.